The maximum Gasteiger partial charge on any atom is 0.258 e. The second-order valence-corrected chi connectivity index (χ2v) is 8.91. The van der Waals surface area contributed by atoms with Gasteiger partial charge in [-0.1, -0.05) is 75.4 Å². The molecule has 40 heavy (non-hydrogen) atoms. The van der Waals surface area contributed by atoms with Gasteiger partial charge in [-0.25, -0.2) is 9.67 Å². The minimum Gasteiger partial charge on any atom is -0.497 e. The highest BCUT2D eigenvalue weighted by molar-refractivity contribution is 6.20. The van der Waals surface area contributed by atoms with Crippen LogP contribution in [0, 0.1) is 0 Å². The Kier molecular flexibility index (Phi) is 9.47. The van der Waals surface area contributed by atoms with Gasteiger partial charge in [0.15, 0.2) is 0 Å². The van der Waals surface area contributed by atoms with Gasteiger partial charge in [-0.2, -0.15) is 5.10 Å². The first-order chi connectivity index (χ1) is 19.6. The molecule has 0 aliphatic rings. The van der Waals surface area contributed by atoms with Crippen LogP contribution in [0.3, 0.4) is 0 Å². The number of hydrogen-bond donors (Lipinski definition) is 1. The average molecular weight is 533 g/mol. The third kappa shape index (κ3) is 5.96. The molecule has 1 N–H and O–H groups in total. The Hall–Kier alpha value is -4.71. The lowest BCUT2D eigenvalue weighted by Gasteiger charge is -2.14. The van der Waals surface area contributed by atoms with Crippen LogP contribution in [-0.4, -0.2) is 27.8 Å². The van der Waals surface area contributed by atoms with Gasteiger partial charge in [-0.3, -0.25) is 4.79 Å². The summed E-state index contributed by atoms with van der Waals surface area (Å²) in [4.78, 5) is 18.8. The summed E-state index contributed by atoms with van der Waals surface area (Å²) in [6, 6.07) is 25.2. The topological polar surface area (TPSA) is 69.0 Å². The number of nitrogens with zero attached hydrogens (tertiary/aromatic N) is 3. The summed E-state index contributed by atoms with van der Waals surface area (Å²) in [6.45, 7) is 8.09. The molecule has 0 saturated carbocycles. The molecule has 0 unspecified atom stereocenters. The highest BCUT2D eigenvalue weighted by Gasteiger charge is 2.20. The molecule has 0 aliphatic carbocycles. The predicted octanol–water partition coefficient (Wildman–Crippen LogP) is 8.76. The molecule has 5 rings (SSSR count). The number of ether oxygens (including phenoxy) is 1. The number of nitrogens with one attached hydrogen (secondary N) is 1. The highest BCUT2D eigenvalue weighted by atomic mass is 16.5. The van der Waals surface area contributed by atoms with Crippen LogP contribution in [0.15, 0.2) is 97.1 Å². The van der Waals surface area contributed by atoms with Crippen molar-refractivity contribution in [3.8, 4) is 17.0 Å². The number of hydrogen-bond acceptors (Lipinski definition) is 4. The van der Waals surface area contributed by atoms with Gasteiger partial charge >= 0.3 is 0 Å². The second-order valence-electron chi connectivity index (χ2n) is 8.91. The fourth-order valence-electron chi connectivity index (χ4n) is 4.59. The third-order valence-corrected chi connectivity index (χ3v) is 6.43. The standard InChI is InChI=1S/C32H30N4O2.C2H6/c1-4-6-12-23(11-5-2)36-30(21-29(35-36)22-17-19-24(38-3)20-18-22)34-32(37)31-25-13-7-9-15-27(25)33-28-16-10-8-14-26(28)31;1-2/h4,6-11,13-21H,5,12H2,1-3H3,(H,34,37);1-2H3/b6-4-,23-11+;. The maximum absolute atomic E-state index is 14.0. The van der Waals surface area contributed by atoms with Crippen molar-refractivity contribution in [1.82, 2.24) is 14.8 Å². The number of allylic oxidation sites excluding steroid dienone is 4. The van der Waals surface area contributed by atoms with Crippen molar-refractivity contribution in [2.45, 2.75) is 40.5 Å². The first-order valence-electron chi connectivity index (χ1n) is 13.8. The van der Waals surface area contributed by atoms with Crippen molar-refractivity contribution in [3.05, 3.63) is 103 Å². The van der Waals surface area contributed by atoms with Crippen LogP contribution < -0.4 is 10.1 Å². The van der Waals surface area contributed by atoms with E-state index in [1.54, 1.807) is 7.11 Å². The molecule has 0 atom stereocenters. The predicted molar refractivity (Wildman–Crippen MR) is 167 cm³/mol. The molecule has 3 aromatic carbocycles. The molecular formula is C34H36N4O2. The van der Waals surface area contributed by atoms with E-state index in [1.807, 2.05) is 110 Å². The van der Waals surface area contributed by atoms with Crippen molar-refractivity contribution in [2.24, 2.45) is 0 Å². The van der Waals surface area contributed by atoms with Crippen LogP contribution in [0.5, 0.6) is 5.75 Å². The van der Waals surface area contributed by atoms with Gasteiger partial charge in [-0.05, 0) is 49.7 Å². The Morgan fingerprint density at radius 1 is 0.950 bits per heavy atom. The van der Waals surface area contributed by atoms with Crippen LogP contribution in [0.1, 0.15) is 50.9 Å². The smallest absolute Gasteiger partial charge is 0.258 e. The molecule has 1 amide bonds. The molecule has 6 nitrogen and oxygen atoms in total. The number of aromatic nitrogens is 3. The van der Waals surface area contributed by atoms with Crippen molar-refractivity contribution in [3.63, 3.8) is 0 Å². The summed E-state index contributed by atoms with van der Waals surface area (Å²) in [5.41, 5.74) is 4.84. The van der Waals surface area contributed by atoms with E-state index >= 15 is 0 Å². The zero-order valence-corrected chi connectivity index (χ0v) is 23.8. The Morgan fingerprint density at radius 2 is 1.57 bits per heavy atom. The molecule has 204 valence electrons. The number of methoxy groups -OCH3 is 1. The highest BCUT2D eigenvalue weighted by Crippen LogP contribution is 2.30. The molecule has 2 aromatic heterocycles. The van der Waals surface area contributed by atoms with Crippen molar-refractivity contribution >= 4 is 39.2 Å². The van der Waals surface area contributed by atoms with Gasteiger partial charge in [0.1, 0.15) is 11.6 Å². The quantitative estimate of drug-likeness (QED) is 0.160. The van der Waals surface area contributed by atoms with E-state index in [1.165, 1.54) is 0 Å². The molecule has 0 spiro atoms. The Morgan fingerprint density at radius 3 is 2.15 bits per heavy atom. The zero-order valence-electron chi connectivity index (χ0n) is 23.8. The van der Waals surface area contributed by atoms with Gasteiger partial charge in [0, 0.05) is 34.5 Å². The van der Waals surface area contributed by atoms with E-state index in [-0.39, 0.29) is 5.91 Å². The lowest BCUT2D eigenvalue weighted by Crippen LogP contribution is -2.16. The van der Waals surface area contributed by atoms with Crippen molar-refractivity contribution in [1.29, 1.82) is 0 Å². The van der Waals surface area contributed by atoms with Crippen LogP contribution >= 0.6 is 0 Å². The monoisotopic (exact) mass is 532 g/mol. The van der Waals surface area contributed by atoms with Gasteiger partial charge in [-0.15, -0.1) is 0 Å². The summed E-state index contributed by atoms with van der Waals surface area (Å²) in [5.74, 6) is 1.18. The Labute approximate surface area is 236 Å². The number of benzene rings is 3. The molecular weight excluding hydrogens is 496 g/mol. The molecule has 6 heteroatoms. The lowest BCUT2D eigenvalue weighted by atomic mass is 10.0. The van der Waals surface area contributed by atoms with Gasteiger partial charge in [0.05, 0.1) is 29.4 Å². The van der Waals surface area contributed by atoms with Gasteiger partial charge < -0.3 is 10.1 Å². The van der Waals surface area contributed by atoms with Gasteiger partial charge in [0.25, 0.3) is 5.91 Å². The van der Waals surface area contributed by atoms with Gasteiger partial charge in [0.2, 0.25) is 0 Å². The van der Waals surface area contributed by atoms with Crippen LogP contribution in [-0.2, 0) is 0 Å². The first-order valence-corrected chi connectivity index (χ1v) is 13.8. The number of carbonyl (C=O) groups excluding carboxylic acids is 1. The Balaban J connectivity index is 0.00000181. The fraction of sp³-hybridized carbons (Fsp3) is 0.206. The summed E-state index contributed by atoms with van der Waals surface area (Å²) in [7, 11) is 1.65. The van der Waals surface area contributed by atoms with E-state index in [0.29, 0.717) is 17.8 Å². The van der Waals surface area contributed by atoms with E-state index in [0.717, 1.165) is 50.9 Å². The minimum atomic E-state index is -0.205. The number of amides is 1. The number of rotatable bonds is 8. The van der Waals surface area contributed by atoms with E-state index in [9.17, 15) is 4.79 Å². The second kappa shape index (κ2) is 13.4. The fourth-order valence-corrected chi connectivity index (χ4v) is 4.59. The van der Waals surface area contributed by atoms with Crippen molar-refractivity contribution < 1.29 is 9.53 Å². The van der Waals surface area contributed by atoms with E-state index < -0.39 is 0 Å². The third-order valence-electron chi connectivity index (χ3n) is 6.43. The first kappa shape index (κ1) is 28.3. The van der Waals surface area contributed by atoms with Crippen LogP contribution in [0.2, 0.25) is 0 Å². The van der Waals surface area contributed by atoms with Crippen LogP contribution in [0.25, 0.3) is 38.8 Å². The molecule has 2 heterocycles. The summed E-state index contributed by atoms with van der Waals surface area (Å²) in [6.07, 6.45) is 7.78. The average Bonchev–Trinajstić information content (AvgIpc) is 3.42. The van der Waals surface area contributed by atoms with E-state index in [2.05, 4.69) is 24.4 Å². The maximum atomic E-state index is 14.0. The summed E-state index contributed by atoms with van der Waals surface area (Å²) in [5, 5.41) is 9.73. The molecule has 0 fully saturated rings. The molecule has 0 aliphatic heterocycles. The Bertz CT molecular complexity index is 1610. The minimum absolute atomic E-state index is 0.205. The largest absolute Gasteiger partial charge is 0.497 e. The SMILES string of the molecule is C/C=C\C/C(=C\CC)n1nc(-c2ccc(OC)cc2)cc1NC(=O)c1c2ccccc2nc2ccccc12.CC. The number of fused-ring (bicyclic) bond motifs is 2. The number of pyridine rings is 1. The van der Waals surface area contributed by atoms with Crippen LogP contribution in [0.4, 0.5) is 5.82 Å². The van der Waals surface area contributed by atoms with E-state index in [4.69, 9.17) is 14.8 Å². The molecule has 0 saturated heterocycles. The summed E-state index contributed by atoms with van der Waals surface area (Å²) < 4.78 is 7.16. The summed E-state index contributed by atoms with van der Waals surface area (Å²) >= 11 is 0. The lowest BCUT2D eigenvalue weighted by molar-refractivity contribution is 0.102. The number of anilines is 1. The normalized spacial score (nSPS) is 11.5. The zero-order chi connectivity index (χ0) is 28.5. The molecule has 0 bridgehead atoms. The molecule has 5 aromatic rings. The number of para-hydroxylation sites is 2. The molecule has 0 radical (unpaired) electrons. The number of carbonyl (C=O) groups is 1. The van der Waals surface area contributed by atoms with Crippen molar-refractivity contribution in [2.75, 3.05) is 12.4 Å².